The second-order valence-corrected chi connectivity index (χ2v) is 4.02. The molecule has 0 amide bonds. The maximum absolute atomic E-state index is 13.5. The monoisotopic (exact) mass is 281 g/mol. The minimum absolute atomic E-state index is 0.129. The van der Waals surface area contributed by atoms with Crippen LogP contribution in [0.3, 0.4) is 0 Å². The van der Waals surface area contributed by atoms with Gasteiger partial charge in [-0.2, -0.15) is 26.3 Å². The SMILES string of the molecule is O=C(F)C(F)(C(F)(F)F)C(F)(F)N1CCCCC1. The molecule has 18 heavy (non-hydrogen) atoms. The van der Waals surface area contributed by atoms with Gasteiger partial charge in [-0.15, -0.1) is 0 Å². The van der Waals surface area contributed by atoms with Crippen LogP contribution in [0.5, 0.6) is 0 Å². The Hall–Kier alpha value is -0.860. The van der Waals surface area contributed by atoms with Gasteiger partial charge in [-0.3, -0.25) is 4.79 Å². The van der Waals surface area contributed by atoms with Gasteiger partial charge >= 0.3 is 23.9 Å². The summed E-state index contributed by atoms with van der Waals surface area (Å²) in [5, 5.41) is 0. The summed E-state index contributed by atoms with van der Waals surface area (Å²) in [6, 6.07) is -8.98. The molecular formula is C9H10F7NO. The number of nitrogens with zero attached hydrogens (tertiary/aromatic N) is 1. The highest BCUT2D eigenvalue weighted by Crippen LogP contribution is 2.48. The Morgan fingerprint density at radius 1 is 0.889 bits per heavy atom. The first-order chi connectivity index (χ1) is 8.05. The number of hydrogen-bond acceptors (Lipinski definition) is 2. The van der Waals surface area contributed by atoms with Gasteiger partial charge in [0.05, 0.1) is 0 Å². The summed E-state index contributed by atoms with van der Waals surface area (Å²) >= 11 is 0. The lowest BCUT2D eigenvalue weighted by molar-refractivity contribution is -0.331. The van der Waals surface area contributed by atoms with Crippen LogP contribution in [-0.4, -0.2) is 41.9 Å². The molecule has 1 aliphatic rings. The first-order valence-electron chi connectivity index (χ1n) is 5.13. The molecule has 9 heteroatoms. The average Bonchev–Trinajstić information content (AvgIpc) is 2.27. The smallest absolute Gasteiger partial charge is 0.257 e. The van der Waals surface area contributed by atoms with Gasteiger partial charge in [0.25, 0.3) is 0 Å². The third-order valence-electron chi connectivity index (χ3n) is 2.83. The van der Waals surface area contributed by atoms with E-state index in [4.69, 9.17) is 0 Å². The number of halogens is 7. The molecule has 0 aromatic heterocycles. The molecular weight excluding hydrogens is 271 g/mol. The summed E-state index contributed by atoms with van der Waals surface area (Å²) in [6.07, 6.45) is -5.56. The minimum atomic E-state index is -6.32. The van der Waals surface area contributed by atoms with Crippen molar-refractivity contribution < 1.29 is 35.5 Å². The van der Waals surface area contributed by atoms with Crippen LogP contribution in [0.25, 0.3) is 0 Å². The quantitative estimate of drug-likeness (QED) is 0.450. The third-order valence-corrected chi connectivity index (χ3v) is 2.83. The van der Waals surface area contributed by atoms with E-state index >= 15 is 0 Å². The van der Waals surface area contributed by atoms with Crippen molar-refractivity contribution in [3.8, 4) is 0 Å². The van der Waals surface area contributed by atoms with E-state index in [2.05, 4.69) is 0 Å². The minimum Gasteiger partial charge on any atom is -0.257 e. The Labute approximate surface area is 97.7 Å². The van der Waals surface area contributed by atoms with Crippen molar-refractivity contribution in [2.24, 2.45) is 0 Å². The zero-order valence-corrected chi connectivity index (χ0v) is 9.04. The summed E-state index contributed by atoms with van der Waals surface area (Å²) in [6.45, 7) is -1.05. The lowest BCUT2D eigenvalue weighted by atomic mass is 10.00. The fourth-order valence-electron chi connectivity index (χ4n) is 1.79. The summed E-state index contributed by atoms with van der Waals surface area (Å²) < 4.78 is 89.3. The van der Waals surface area contributed by atoms with Crippen molar-refractivity contribution >= 4 is 6.04 Å². The molecule has 1 heterocycles. The number of carbonyl (C=O) groups excluding carboxylic acids is 1. The fourth-order valence-corrected chi connectivity index (χ4v) is 1.79. The van der Waals surface area contributed by atoms with Crippen LogP contribution in [-0.2, 0) is 4.79 Å². The molecule has 0 saturated carbocycles. The third kappa shape index (κ3) is 2.19. The van der Waals surface area contributed by atoms with Gasteiger partial charge in [-0.05, 0) is 12.8 Å². The van der Waals surface area contributed by atoms with Gasteiger partial charge in [-0.25, -0.2) is 9.29 Å². The molecule has 0 spiro atoms. The van der Waals surface area contributed by atoms with Gasteiger partial charge in [-0.1, -0.05) is 6.42 Å². The van der Waals surface area contributed by atoms with Crippen LogP contribution in [0.4, 0.5) is 30.7 Å². The van der Waals surface area contributed by atoms with Crippen LogP contribution in [0.15, 0.2) is 0 Å². The average molecular weight is 281 g/mol. The molecule has 0 bridgehead atoms. The topological polar surface area (TPSA) is 20.3 Å². The summed E-state index contributed by atoms with van der Waals surface area (Å²) in [5.41, 5.74) is -5.82. The van der Waals surface area contributed by atoms with E-state index in [0.717, 1.165) is 0 Å². The van der Waals surface area contributed by atoms with Crippen molar-refractivity contribution in [3.63, 3.8) is 0 Å². The second kappa shape index (κ2) is 4.67. The molecule has 1 aliphatic heterocycles. The second-order valence-electron chi connectivity index (χ2n) is 4.02. The fraction of sp³-hybridized carbons (Fsp3) is 0.889. The molecule has 1 unspecified atom stereocenters. The maximum atomic E-state index is 13.5. The maximum Gasteiger partial charge on any atom is 0.440 e. The zero-order valence-electron chi connectivity index (χ0n) is 9.04. The predicted octanol–water partition coefficient (Wildman–Crippen LogP) is 2.83. The van der Waals surface area contributed by atoms with Crippen LogP contribution in [0.1, 0.15) is 19.3 Å². The van der Waals surface area contributed by atoms with Gasteiger partial charge < -0.3 is 0 Å². The standard InChI is InChI=1S/C9H10F7NO/c10-6(18)7(11,8(12,13)14)9(15,16)17-4-2-1-3-5-17/h1-5H2. The van der Waals surface area contributed by atoms with Crippen LogP contribution < -0.4 is 0 Å². The van der Waals surface area contributed by atoms with Crippen molar-refractivity contribution in [2.45, 2.75) is 37.2 Å². The number of alkyl halides is 6. The van der Waals surface area contributed by atoms with Crippen LogP contribution >= 0.6 is 0 Å². The molecule has 0 N–H and O–H groups in total. The molecule has 0 aliphatic carbocycles. The van der Waals surface area contributed by atoms with E-state index in [1.54, 1.807) is 0 Å². The van der Waals surface area contributed by atoms with E-state index in [0.29, 0.717) is 6.42 Å². The molecule has 106 valence electrons. The van der Waals surface area contributed by atoms with Crippen molar-refractivity contribution in [3.05, 3.63) is 0 Å². The molecule has 0 aromatic rings. The Kier molecular flexibility index (Phi) is 3.94. The lowest BCUT2D eigenvalue weighted by Crippen LogP contribution is -2.67. The number of hydrogen-bond donors (Lipinski definition) is 0. The molecule has 0 radical (unpaired) electrons. The first-order valence-corrected chi connectivity index (χ1v) is 5.13. The summed E-state index contributed by atoms with van der Waals surface area (Å²) in [5.74, 6) is 0. The van der Waals surface area contributed by atoms with Gasteiger partial charge in [0.2, 0.25) is 0 Å². The largest absolute Gasteiger partial charge is 0.440 e. The summed E-state index contributed by atoms with van der Waals surface area (Å²) in [4.78, 5) is 10.00. The normalized spacial score (nSPS) is 22.6. The Balaban J connectivity index is 3.15. The number of rotatable bonds is 3. The highest BCUT2D eigenvalue weighted by Gasteiger charge is 2.78. The lowest BCUT2D eigenvalue weighted by Gasteiger charge is -2.40. The van der Waals surface area contributed by atoms with E-state index in [-0.39, 0.29) is 17.7 Å². The van der Waals surface area contributed by atoms with E-state index in [1.165, 1.54) is 0 Å². The van der Waals surface area contributed by atoms with Crippen molar-refractivity contribution in [1.82, 2.24) is 4.90 Å². The molecule has 1 saturated heterocycles. The number of carbonyl (C=O) groups is 1. The van der Waals surface area contributed by atoms with E-state index in [1.807, 2.05) is 0 Å². The zero-order chi connectivity index (χ0) is 14.2. The predicted molar refractivity (Wildman–Crippen MR) is 46.4 cm³/mol. The van der Waals surface area contributed by atoms with Crippen molar-refractivity contribution in [2.75, 3.05) is 13.1 Å². The summed E-state index contributed by atoms with van der Waals surface area (Å²) in [7, 11) is 0. The Morgan fingerprint density at radius 3 is 1.67 bits per heavy atom. The first kappa shape index (κ1) is 15.2. The highest BCUT2D eigenvalue weighted by atomic mass is 19.4. The van der Waals surface area contributed by atoms with E-state index < -0.39 is 37.0 Å². The number of likely N-dealkylation sites (tertiary alicyclic amines) is 1. The highest BCUT2D eigenvalue weighted by molar-refractivity contribution is 5.80. The number of piperidine rings is 1. The molecule has 2 nitrogen and oxygen atoms in total. The Bertz CT molecular complexity index is 323. The molecule has 1 fully saturated rings. The Morgan fingerprint density at radius 2 is 1.33 bits per heavy atom. The molecule has 0 aromatic carbocycles. The van der Waals surface area contributed by atoms with Gasteiger partial charge in [0.15, 0.2) is 0 Å². The van der Waals surface area contributed by atoms with Gasteiger partial charge in [0, 0.05) is 13.1 Å². The molecule has 1 rings (SSSR count). The van der Waals surface area contributed by atoms with Gasteiger partial charge in [0.1, 0.15) is 0 Å². The van der Waals surface area contributed by atoms with Crippen LogP contribution in [0.2, 0.25) is 0 Å². The van der Waals surface area contributed by atoms with Crippen LogP contribution in [0, 0.1) is 0 Å². The van der Waals surface area contributed by atoms with E-state index in [9.17, 15) is 35.5 Å². The molecule has 1 atom stereocenters. The van der Waals surface area contributed by atoms with Crippen molar-refractivity contribution in [1.29, 1.82) is 0 Å².